The highest BCUT2D eigenvalue weighted by Crippen LogP contribution is 2.71. The first kappa shape index (κ1) is 16.1. The van der Waals surface area contributed by atoms with Crippen LogP contribution in [0.2, 0.25) is 0 Å². The molecule has 3 unspecified atom stereocenters. The molecule has 3 heteroatoms. The van der Waals surface area contributed by atoms with Gasteiger partial charge in [-0.15, -0.1) is 0 Å². The third kappa shape index (κ3) is 1.82. The van der Waals surface area contributed by atoms with E-state index in [1.54, 1.807) is 0 Å². The summed E-state index contributed by atoms with van der Waals surface area (Å²) in [5, 5.41) is 31.8. The molecule has 0 aromatic carbocycles. The number of fused-ring (bicyclic) bond motifs is 3. The highest BCUT2D eigenvalue weighted by Gasteiger charge is 2.67. The van der Waals surface area contributed by atoms with Gasteiger partial charge in [-0.1, -0.05) is 26.0 Å². The van der Waals surface area contributed by atoms with Crippen LogP contribution in [0.3, 0.4) is 0 Å². The minimum absolute atomic E-state index is 0.0101. The summed E-state index contributed by atoms with van der Waals surface area (Å²) in [5.74, 6) is 1.30. The van der Waals surface area contributed by atoms with E-state index in [1.807, 2.05) is 6.92 Å². The van der Waals surface area contributed by atoms with E-state index in [4.69, 9.17) is 0 Å². The minimum atomic E-state index is -0.484. The van der Waals surface area contributed by atoms with Crippen LogP contribution < -0.4 is 0 Å². The Bertz CT molecular complexity index is 531. The van der Waals surface area contributed by atoms with E-state index in [2.05, 4.69) is 13.5 Å². The molecule has 0 aliphatic heterocycles. The lowest BCUT2D eigenvalue weighted by Gasteiger charge is -2.66. The van der Waals surface area contributed by atoms with Crippen molar-refractivity contribution in [2.45, 2.75) is 71.0 Å². The van der Waals surface area contributed by atoms with E-state index in [0.717, 1.165) is 32.1 Å². The molecule has 0 heterocycles. The first-order valence-corrected chi connectivity index (χ1v) is 9.42. The van der Waals surface area contributed by atoms with Gasteiger partial charge in [-0.2, -0.15) is 0 Å². The highest BCUT2D eigenvalue weighted by molar-refractivity contribution is 5.24. The lowest BCUT2D eigenvalue weighted by Crippen LogP contribution is -2.64. The van der Waals surface area contributed by atoms with Crippen LogP contribution >= 0.6 is 0 Å². The van der Waals surface area contributed by atoms with Gasteiger partial charge < -0.3 is 15.3 Å². The monoisotopic (exact) mass is 320 g/mol. The van der Waals surface area contributed by atoms with Gasteiger partial charge in [0.2, 0.25) is 0 Å². The SMILES string of the molecule is C=C1C[C@@]23C[C@H]1CC[C@@H]2[C@@]1(C)CCC(O)C(C)(CO)[C@@H]1CC3O. The van der Waals surface area contributed by atoms with Crippen LogP contribution in [-0.2, 0) is 0 Å². The van der Waals surface area contributed by atoms with E-state index in [1.165, 1.54) is 18.4 Å². The lowest BCUT2D eigenvalue weighted by molar-refractivity contribution is -0.230. The quantitative estimate of drug-likeness (QED) is 0.651. The Labute approximate surface area is 139 Å². The van der Waals surface area contributed by atoms with Crippen molar-refractivity contribution in [1.82, 2.24) is 0 Å². The van der Waals surface area contributed by atoms with Gasteiger partial charge in [-0.3, -0.25) is 0 Å². The zero-order chi connectivity index (χ0) is 16.6. The fourth-order valence-electron chi connectivity index (χ4n) is 7.51. The molecule has 0 amide bonds. The second kappa shape index (κ2) is 4.83. The summed E-state index contributed by atoms with van der Waals surface area (Å²) in [6.45, 7) is 8.74. The van der Waals surface area contributed by atoms with Crippen LogP contribution in [0.5, 0.6) is 0 Å². The topological polar surface area (TPSA) is 60.7 Å². The van der Waals surface area contributed by atoms with Crippen LogP contribution in [-0.4, -0.2) is 34.1 Å². The summed E-state index contributed by atoms with van der Waals surface area (Å²) in [5.41, 5.74) is 1.01. The van der Waals surface area contributed by atoms with Gasteiger partial charge in [-0.05, 0) is 68.1 Å². The Kier molecular flexibility index (Phi) is 3.38. The first-order valence-electron chi connectivity index (χ1n) is 9.42. The normalized spacial score (nSPS) is 58.7. The maximum atomic E-state index is 11.2. The molecule has 0 saturated heterocycles. The smallest absolute Gasteiger partial charge is 0.0618 e. The number of hydrogen-bond acceptors (Lipinski definition) is 3. The highest BCUT2D eigenvalue weighted by atomic mass is 16.3. The largest absolute Gasteiger partial charge is 0.396 e. The summed E-state index contributed by atoms with van der Waals surface area (Å²) in [6.07, 6.45) is 6.22. The molecular formula is C20H32O3. The standard InChI is InChI=1S/C20H32O3/c1-12-9-20-10-13(12)4-5-14(20)18(2)7-6-16(22)19(3,11-21)15(18)8-17(20)23/h13-17,21-23H,1,4-11H2,2-3H3/t13-,14-,15-,16?,17?,18-,19?,20-/m1/s1. The Morgan fingerprint density at radius 3 is 2.52 bits per heavy atom. The number of aliphatic hydroxyl groups is 3. The average Bonchev–Trinajstić information content (AvgIpc) is 2.78. The van der Waals surface area contributed by atoms with Gasteiger partial charge in [0.15, 0.2) is 0 Å². The van der Waals surface area contributed by atoms with E-state index in [-0.39, 0.29) is 29.5 Å². The Balaban J connectivity index is 1.78. The summed E-state index contributed by atoms with van der Waals surface area (Å²) in [6, 6.07) is 0. The van der Waals surface area contributed by atoms with Crippen molar-refractivity contribution in [2.24, 2.45) is 34.0 Å². The molecule has 130 valence electrons. The average molecular weight is 320 g/mol. The molecule has 3 nitrogen and oxygen atoms in total. The van der Waals surface area contributed by atoms with E-state index in [9.17, 15) is 15.3 Å². The van der Waals surface area contributed by atoms with Crippen LogP contribution in [0, 0.1) is 34.0 Å². The molecule has 0 aromatic heterocycles. The summed E-state index contributed by atoms with van der Waals surface area (Å²) in [4.78, 5) is 0. The van der Waals surface area contributed by atoms with E-state index in [0.29, 0.717) is 11.8 Å². The van der Waals surface area contributed by atoms with E-state index < -0.39 is 11.5 Å². The third-order valence-corrected chi connectivity index (χ3v) is 8.83. The Morgan fingerprint density at radius 2 is 1.83 bits per heavy atom. The van der Waals surface area contributed by atoms with Crippen LogP contribution in [0.4, 0.5) is 0 Å². The van der Waals surface area contributed by atoms with Crippen molar-refractivity contribution in [3.8, 4) is 0 Å². The fourth-order valence-corrected chi connectivity index (χ4v) is 7.51. The molecule has 0 aromatic rings. The molecule has 4 aliphatic rings. The molecule has 3 N–H and O–H groups in total. The first-order chi connectivity index (χ1) is 10.8. The second-order valence-corrected chi connectivity index (χ2v) is 9.63. The van der Waals surface area contributed by atoms with Crippen molar-refractivity contribution in [3.05, 3.63) is 12.2 Å². The van der Waals surface area contributed by atoms with Crippen LogP contribution in [0.15, 0.2) is 12.2 Å². The lowest BCUT2D eigenvalue weighted by atomic mass is 9.40. The Morgan fingerprint density at radius 1 is 1.09 bits per heavy atom. The summed E-state index contributed by atoms with van der Waals surface area (Å²) < 4.78 is 0. The van der Waals surface area contributed by atoms with Gasteiger partial charge >= 0.3 is 0 Å². The van der Waals surface area contributed by atoms with Crippen molar-refractivity contribution in [3.63, 3.8) is 0 Å². The zero-order valence-corrected chi connectivity index (χ0v) is 14.6. The molecule has 2 bridgehead atoms. The van der Waals surface area contributed by atoms with Crippen molar-refractivity contribution in [1.29, 1.82) is 0 Å². The third-order valence-electron chi connectivity index (χ3n) is 8.83. The molecule has 23 heavy (non-hydrogen) atoms. The summed E-state index contributed by atoms with van der Waals surface area (Å²) >= 11 is 0. The van der Waals surface area contributed by atoms with Crippen molar-refractivity contribution < 1.29 is 15.3 Å². The molecule has 1 spiro atoms. The number of hydrogen-bond donors (Lipinski definition) is 3. The van der Waals surface area contributed by atoms with Crippen LogP contribution in [0.25, 0.3) is 0 Å². The second-order valence-electron chi connectivity index (χ2n) is 9.63. The number of aliphatic hydroxyl groups excluding tert-OH is 3. The molecule has 4 fully saturated rings. The van der Waals surface area contributed by atoms with Gasteiger partial charge in [0.25, 0.3) is 0 Å². The zero-order valence-electron chi connectivity index (χ0n) is 14.6. The molecule has 4 aliphatic carbocycles. The predicted octanol–water partition coefficient (Wildman–Crippen LogP) is 2.89. The predicted molar refractivity (Wildman–Crippen MR) is 89.7 cm³/mol. The number of rotatable bonds is 1. The Hall–Kier alpha value is -0.380. The van der Waals surface area contributed by atoms with E-state index >= 15 is 0 Å². The van der Waals surface area contributed by atoms with Crippen molar-refractivity contribution in [2.75, 3.05) is 6.61 Å². The van der Waals surface area contributed by atoms with Gasteiger partial charge in [0.1, 0.15) is 0 Å². The summed E-state index contributed by atoms with van der Waals surface area (Å²) in [7, 11) is 0. The molecular weight excluding hydrogens is 288 g/mol. The maximum Gasteiger partial charge on any atom is 0.0618 e. The molecule has 4 saturated carbocycles. The number of allylic oxidation sites excluding steroid dienone is 1. The van der Waals surface area contributed by atoms with Crippen molar-refractivity contribution >= 4 is 0 Å². The molecule has 4 rings (SSSR count). The molecule has 8 atom stereocenters. The van der Waals surface area contributed by atoms with Crippen LogP contribution in [0.1, 0.15) is 58.8 Å². The molecule has 0 radical (unpaired) electrons. The minimum Gasteiger partial charge on any atom is -0.396 e. The van der Waals surface area contributed by atoms with Gasteiger partial charge in [0, 0.05) is 10.8 Å². The fraction of sp³-hybridized carbons (Fsp3) is 0.900. The van der Waals surface area contributed by atoms with Gasteiger partial charge in [-0.25, -0.2) is 0 Å². The van der Waals surface area contributed by atoms with Gasteiger partial charge in [0.05, 0.1) is 18.8 Å². The maximum absolute atomic E-state index is 11.2.